The fourth-order valence-electron chi connectivity index (χ4n) is 1.88. The molecule has 1 aromatic heterocycles. The molecule has 0 amide bonds. The lowest BCUT2D eigenvalue weighted by Gasteiger charge is -2.29. The maximum absolute atomic E-state index is 5.64. The molecule has 0 spiro atoms. The predicted molar refractivity (Wildman–Crippen MR) is 68.1 cm³/mol. The van der Waals surface area contributed by atoms with E-state index < -0.39 is 0 Å². The van der Waals surface area contributed by atoms with Gasteiger partial charge in [-0.1, -0.05) is 33.0 Å². The maximum Gasteiger partial charge on any atom is 0.140 e. The number of aromatic amines is 1. The van der Waals surface area contributed by atoms with Gasteiger partial charge in [0.1, 0.15) is 16.1 Å². The Hall–Kier alpha value is -0.740. The molecule has 1 aromatic rings. The first-order valence-electron chi connectivity index (χ1n) is 5.77. The molecule has 0 saturated carbocycles. The number of rotatable bonds is 5. The Morgan fingerprint density at radius 2 is 2.00 bits per heavy atom. The number of ether oxygens (including phenoxy) is 1. The molecule has 0 saturated heterocycles. The molecule has 0 radical (unpaired) electrons. The highest BCUT2D eigenvalue weighted by Gasteiger charge is 2.30. The lowest BCUT2D eigenvalue weighted by atomic mass is 9.96. The fourth-order valence-corrected chi connectivity index (χ4v) is 2.12. The maximum atomic E-state index is 5.64. The van der Waals surface area contributed by atoms with Crippen molar-refractivity contribution in [2.24, 2.45) is 0 Å². The van der Waals surface area contributed by atoms with Crippen LogP contribution in [0.15, 0.2) is 6.07 Å². The van der Waals surface area contributed by atoms with Gasteiger partial charge >= 0.3 is 0 Å². The van der Waals surface area contributed by atoms with Crippen molar-refractivity contribution in [2.45, 2.75) is 45.6 Å². The van der Waals surface area contributed by atoms with Gasteiger partial charge in [-0.25, -0.2) is 4.98 Å². The third kappa shape index (κ3) is 2.50. The van der Waals surface area contributed by atoms with Crippen LogP contribution in [0.3, 0.4) is 0 Å². The summed E-state index contributed by atoms with van der Waals surface area (Å²) < 4.78 is 6.27. The van der Waals surface area contributed by atoms with E-state index in [0.717, 1.165) is 30.8 Å². The van der Waals surface area contributed by atoms with Crippen LogP contribution in [0.2, 0.25) is 0 Å². The third-order valence-corrected chi connectivity index (χ3v) is 3.35. The summed E-state index contributed by atoms with van der Waals surface area (Å²) >= 11 is 5.18. The van der Waals surface area contributed by atoms with Gasteiger partial charge in [0.25, 0.3) is 0 Å². The lowest BCUT2D eigenvalue weighted by Crippen LogP contribution is -2.29. The minimum absolute atomic E-state index is 0.335. The van der Waals surface area contributed by atoms with E-state index in [9.17, 15) is 0 Å². The number of aryl methyl sites for hydroxylation is 1. The Morgan fingerprint density at radius 3 is 2.44 bits per heavy atom. The van der Waals surface area contributed by atoms with Gasteiger partial charge in [-0.05, 0) is 25.3 Å². The molecule has 1 rings (SSSR count). The molecule has 0 unspecified atom stereocenters. The molecule has 3 nitrogen and oxygen atoms in total. The van der Waals surface area contributed by atoms with Gasteiger partial charge in [-0.2, -0.15) is 0 Å². The number of nitrogens with zero attached hydrogens (tertiary/aromatic N) is 1. The highest BCUT2D eigenvalue weighted by molar-refractivity contribution is 7.71. The lowest BCUT2D eigenvalue weighted by molar-refractivity contribution is -0.0293. The van der Waals surface area contributed by atoms with Crippen molar-refractivity contribution in [3.8, 4) is 0 Å². The topological polar surface area (TPSA) is 37.9 Å². The zero-order chi connectivity index (χ0) is 12.2. The standard InChI is InChI=1S/C12H20N2OS/c1-5-9-8-10(16)14-11(13-9)12(6-2,7-3)15-4/h8H,5-7H2,1-4H3,(H,13,14,16). The molecule has 0 aliphatic rings. The monoisotopic (exact) mass is 240 g/mol. The number of nitrogens with one attached hydrogen (secondary N) is 1. The van der Waals surface area contributed by atoms with Crippen molar-refractivity contribution in [1.29, 1.82) is 0 Å². The van der Waals surface area contributed by atoms with E-state index in [1.807, 2.05) is 6.07 Å². The van der Waals surface area contributed by atoms with Gasteiger partial charge in [-0.3, -0.25) is 0 Å². The molecular formula is C12H20N2OS. The van der Waals surface area contributed by atoms with Crippen LogP contribution in [-0.4, -0.2) is 17.1 Å². The molecule has 0 aliphatic carbocycles. The molecule has 1 heterocycles. The minimum Gasteiger partial charge on any atom is -0.370 e. The Kier molecular flexibility index (Phi) is 4.62. The summed E-state index contributed by atoms with van der Waals surface area (Å²) in [5.74, 6) is 0.851. The van der Waals surface area contributed by atoms with Crippen LogP contribution in [0.5, 0.6) is 0 Å². The summed E-state index contributed by atoms with van der Waals surface area (Å²) in [6.45, 7) is 6.30. The minimum atomic E-state index is -0.335. The summed E-state index contributed by atoms with van der Waals surface area (Å²) in [4.78, 5) is 7.73. The van der Waals surface area contributed by atoms with Crippen molar-refractivity contribution < 1.29 is 4.74 Å². The quantitative estimate of drug-likeness (QED) is 0.802. The summed E-state index contributed by atoms with van der Waals surface area (Å²) in [6.07, 6.45) is 2.68. The molecule has 0 fully saturated rings. The van der Waals surface area contributed by atoms with E-state index in [1.165, 1.54) is 0 Å². The first-order chi connectivity index (χ1) is 7.61. The van der Waals surface area contributed by atoms with Crippen LogP contribution in [0.1, 0.15) is 45.1 Å². The van der Waals surface area contributed by atoms with Crippen LogP contribution in [-0.2, 0) is 16.8 Å². The van der Waals surface area contributed by atoms with Crippen molar-refractivity contribution >= 4 is 12.2 Å². The van der Waals surface area contributed by atoms with Crippen molar-refractivity contribution in [2.75, 3.05) is 7.11 Å². The molecule has 0 aliphatic heterocycles. The number of hydrogen-bond donors (Lipinski definition) is 1. The summed E-state index contributed by atoms with van der Waals surface area (Å²) in [7, 11) is 1.73. The van der Waals surface area contributed by atoms with Crippen LogP contribution in [0.4, 0.5) is 0 Å². The fraction of sp³-hybridized carbons (Fsp3) is 0.667. The molecule has 0 aromatic carbocycles. The highest BCUT2D eigenvalue weighted by Crippen LogP contribution is 2.29. The number of methoxy groups -OCH3 is 1. The van der Waals surface area contributed by atoms with Crippen molar-refractivity contribution in [1.82, 2.24) is 9.97 Å². The van der Waals surface area contributed by atoms with Gasteiger partial charge in [0.2, 0.25) is 0 Å². The molecular weight excluding hydrogens is 220 g/mol. The van der Waals surface area contributed by atoms with E-state index in [0.29, 0.717) is 4.64 Å². The zero-order valence-corrected chi connectivity index (χ0v) is 11.3. The van der Waals surface area contributed by atoms with Crippen LogP contribution >= 0.6 is 12.2 Å². The average molecular weight is 240 g/mol. The van der Waals surface area contributed by atoms with Crippen LogP contribution in [0, 0.1) is 4.64 Å². The van der Waals surface area contributed by atoms with Gasteiger partial charge < -0.3 is 9.72 Å². The van der Waals surface area contributed by atoms with Crippen molar-refractivity contribution in [3.05, 3.63) is 22.2 Å². The average Bonchev–Trinajstić information content (AvgIpc) is 2.31. The van der Waals surface area contributed by atoms with Gasteiger partial charge in [-0.15, -0.1) is 0 Å². The Balaban J connectivity index is 3.29. The molecule has 0 bridgehead atoms. The predicted octanol–water partition coefficient (Wildman–Crippen LogP) is 3.36. The van der Waals surface area contributed by atoms with Crippen LogP contribution in [0.25, 0.3) is 0 Å². The molecule has 90 valence electrons. The van der Waals surface area contributed by atoms with Crippen LogP contribution < -0.4 is 0 Å². The molecule has 1 N–H and O–H groups in total. The summed E-state index contributed by atoms with van der Waals surface area (Å²) in [5, 5.41) is 0. The van der Waals surface area contributed by atoms with Gasteiger partial charge in [0.15, 0.2) is 0 Å². The second kappa shape index (κ2) is 5.55. The van der Waals surface area contributed by atoms with Gasteiger partial charge in [0.05, 0.1) is 0 Å². The second-order valence-electron chi connectivity index (χ2n) is 3.85. The van der Waals surface area contributed by atoms with E-state index in [4.69, 9.17) is 17.0 Å². The molecule has 16 heavy (non-hydrogen) atoms. The summed E-state index contributed by atoms with van der Waals surface area (Å²) in [5.41, 5.74) is 0.775. The summed E-state index contributed by atoms with van der Waals surface area (Å²) in [6, 6.07) is 1.91. The first kappa shape index (κ1) is 13.3. The SMILES string of the molecule is CCc1cc(=S)nc(C(CC)(CC)OC)[nH]1. The van der Waals surface area contributed by atoms with Crippen molar-refractivity contribution in [3.63, 3.8) is 0 Å². The largest absolute Gasteiger partial charge is 0.370 e. The number of hydrogen-bond acceptors (Lipinski definition) is 3. The second-order valence-corrected chi connectivity index (χ2v) is 4.27. The van der Waals surface area contributed by atoms with E-state index >= 15 is 0 Å². The Labute approximate surface area is 102 Å². The smallest absolute Gasteiger partial charge is 0.140 e. The molecule has 0 atom stereocenters. The van der Waals surface area contributed by atoms with E-state index in [2.05, 4.69) is 30.7 Å². The number of H-pyrrole nitrogens is 1. The zero-order valence-electron chi connectivity index (χ0n) is 10.5. The first-order valence-corrected chi connectivity index (χ1v) is 6.18. The van der Waals surface area contributed by atoms with E-state index in [1.54, 1.807) is 7.11 Å². The highest BCUT2D eigenvalue weighted by atomic mass is 32.1. The Morgan fingerprint density at radius 1 is 1.38 bits per heavy atom. The third-order valence-electron chi connectivity index (χ3n) is 3.14. The van der Waals surface area contributed by atoms with E-state index in [-0.39, 0.29) is 5.60 Å². The number of aromatic nitrogens is 2. The Bertz CT molecular complexity index is 388. The normalized spacial score (nSPS) is 11.8. The van der Waals surface area contributed by atoms with Gasteiger partial charge in [0, 0.05) is 12.8 Å². The molecule has 4 heteroatoms.